The maximum absolute atomic E-state index is 12.1. The molecule has 1 N–H and O–H groups in total. The van der Waals surface area contributed by atoms with E-state index in [1.807, 2.05) is 0 Å². The van der Waals surface area contributed by atoms with E-state index >= 15 is 0 Å². The van der Waals surface area contributed by atoms with E-state index in [2.05, 4.69) is 26.3 Å². The van der Waals surface area contributed by atoms with Crippen LogP contribution in [0.1, 0.15) is 16.1 Å². The molecule has 0 saturated carbocycles. The predicted molar refractivity (Wildman–Crippen MR) is 84.6 cm³/mol. The summed E-state index contributed by atoms with van der Waals surface area (Å²) in [7, 11) is 1.80. The zero-order valence-electron chi connectivity index (χ0n) is 11.7. The van der Waals surface area contributed by atoms with Crippen LogP contribution in [0.25, 0.3) is 11.0 Å². The zero-order chi connectivity index (χ0) is 15.7. The largest absolute Gasteiger partial charge is 0.451 e. The Morgan fingerprint density at radius 1 is 1.41 bits per heavy atom. The molecule has 1 amide bonds. The van der Waals surface area contributed by atoms with E-state index in [4.69, 9.17) is 4.42 Å². The number of aryl methyl sites for hydroxylation is 1. The Balaban J connectivity index is 1.85. The molecule has 3 rings (SSSR count). The summed E-state index contributed by atoms with van der Waals surface area (Å²) in [5.74, 6) is -0.450. The highest BCUT2D eigenvalue weighted by Crippen LogP contribution is 2.18. The standard InChI is InChI=1S/C15H12BrN3O3/c1-19-8-9(7-18-19)6-17-15(21)14-5-12(20)11-4-10(16)2-3-13(11)22-14/h2-5,7-8H,6H2,1H3,(H,17,21). The number of hydrogen-bond acceptors (Lipinski definition) is 4. The Hall–Kier alpha value is -2.41. The van der Waals surface area contributed by atoms with Crippen molar-refractivity contribution in [1.82, 2.24) is 15.1 Å². The minimum atomic E-state index is -0.439. The minimum absolute atomic E-state index is 0.0105. The van der Waals surface area contributed by atoms with Crippen molar-refractivity contribution in [3.63, 3.8) is 0 Å². The molecule has 0 saturated heterocycles. The normalized spacial score (nSPS) is 10.8. The lowest BCUT2D eigenvalue weighted by atomic mass is 10.2. The smallest absolute Gasteiger partial charge is 0.287 e. The first-order chi connectivity index (χ1) is 10.5. The van der Waals surface area contributed by atoms with E-state index in [1.54, 1.807) is 42.3 Å². The molecule has 0 radical (unpaired) electrons. The van der Waals surface area contributed by atoms with Crippen molar-refractivity contribution in [1.29, 1.82) is 0 Å². The first-order valence-electron chi connectivity index (χ1n) is 6.52. The van der Waals surface area contributed by atoms with Crippen LogP contribution in [0.5, 0.6) is 0 Å². The van der Waals surface area contributed by atoms with Gasteiger partial charge in [0.1, 0.15) is 5.58 Å². The molecule has 0 aliphatic carbocycles. The Labute approximate surface area is 133 Å². The summed E-state index contributed by atoms with van der Waals surface area (Å²) in [6.45, 7) is 0.314. The molecule has 3 aromatic rings. The van der Waals surface area contributed by atoms with E-state index < -0.39 is 5.91 Å². The second-order valence-electron chi connectivity index (χ2n) is 4.82. The molecule has 112 valence electrons. The van der Waals surface area contributed by atoms with Crippen molar-refractivity contribution in [2.75, 3.05) is 0 Å². The number of fused-ring (bicyclic) bond motifs is 1. The van der Waals surface area contributed by atoms with Gasteiger partial charge < -0.3 is 9.73 Å². The zero-order valence-corrected chi connectivity index (χ0v) is 13.3. The molecule has 22 heavy (non-hydrogen) atoms. The van der Waals surface area contributed by atoms with Gasteiger partial charge in [0.15, 0.2) is 11.2 Å². The van der Waals surface area contributed by atoms with Crippen LogP contribution in [-0.4, -0.2) is 15.7 Å². The number of carbonyl (C=O) groups excluding carboxylic acids is 1. The topological polar surface area (TPSA) is 77.1 Å². The number of rotatable bonds is 3. The van der Waals surface area contributed by atoms with E-state index in [9.17, 15) is 9.59 Å². The first kappa shape index (κ1) is 14.5. The number of aromatic nitrogens is 2. The van der Waals surface area contributed by atoms with Crippen molar-refractivity contribution in [2.45, 2.75) is 6.54 Å². The summed E-state index contributed by atoms with van der Waals surface area (Å²) in [6, 6.07) is 6.27. The maximum Gasteiger partial charge on any atom is 0.287 e. The van der Waals surface area contributed by atoms with Crippen molar-refractivity contribution in [3.05, 3.63) is 62.7 Å². The van der Waals surface area contributed by atoms with Crippen molar-refractivity contribution < 1.29 is 9.21 Å². The summed E-state index contributed by atoms with van der Waals surface area (Å²) >= 11 is 3.30. The van der Waals surface area contributed by atoms with E-state index in [0.29, 0.717) is 17.5 Å². The third-order valence-electron chi connectivity index (χ3n) is 3.12. The van der Waals surface area contributed by atoms with Crippen LogP contribution in [0.4, 0.5) is 0 Å². The third-order valence-corrected chi connectivity index (χ3v) is 3.62. The van der Waals surface area contributed by atoms with E-state index in [1.165, 1.54) is 6.07 Å². The van der Waals surface area contributed by atoms with Gasteiger partial charge in [-0.2, -0.15) is 5.10 Å². The quantitative estimate of drug-likeness (QED) is 0.775. The van der Waals surface area contributed by atoms with Gasteiger partial charge in [-0.25, -0.2) is 0 Å². The van der Waals surface area contributed by atoms with Gasteiger partial charge >= 0.3 is 0 Å². The first-order valence-corrected chi connectivity index (χ1v) is 7.31. The molecule has 2 aromatic heterocycles. The lowest BCUT2D eigenvalue weighted by molar-refractivity contribution is 0.0923. The molecular weight excluding hydrogens is 350 g/mol. The second kappa shape index (κ2) is 5.76. The number of halogens is 1. The average Bonchev–Trinajstić information content (AvgIpc) is 2.91. The van der Waals surface area contributed by atoms with Crippen molar-refractivity contribution in [3.8, 4) is 0 Å². The fourth-order valence-electron chi connectivity index (χ4n) is 2.07. The van der Waals surface area contributed by atoms with Gasteiger partial charge in [-0.3, -0.25) is 14.3 Å². The summed E-state index contributed by atoms with van der Waals surface area (Å²) in [5.41, 5.74) is 0.985. The highest BCUT2D eigenvalue weighted by atomic mass is 79.9. The van der Waals surface area contributed by atoms with Gasteiger partial charge in [0, 0.05) is 35.9 Å². The molecular formula is C15H12BrN3O3. The Kier molecular flexibility index (Phi) is 3.81. The summed E-state index contributed by atoms with van der Waals surface area (Å²) in [4.78, 5) is 24.2. The van der Waals surface area contributed by atoms with Gasteiger partial charge in [0.05, 0.1) is 11.6 Å². The molecule has 0 aliphatic rings. The number of hydrogen-bond donors (Lipinski definition) is 1. The Bertz CT molecular complexity index is 914. The van der Waals surface area contributed by atoms with Crippen molar-refractivity contribution >= 4 is 32.8 Å². The highest BCUT2D eigenvalue weighted by Gasteiger charge is 2.12. The van der Waals surface area contributed by atoms with Crippen molar-refractivity contribution in [2.24, 2.45) is 7.05 Å². The van der Waals surface area contributed by atoms with Gasteiger partial charge in [-0.1, -0.05) is 15.9 Å². The lowest BCUT2D eigenvalue weighted by Gasteiger charge is -2.04. The molecule has 0 unspecified atom stereocenters. The van der Waals surface area contributed by atoms with Gasteiger partial charge in [-0.15, -0.1) is 0 Å². The number of nitrogens with one attached hydrogen (secondary N) is 1. The van der Waals surface area contributed by atoms with E-state index in [0.717, 1.165) is 10.0 Å². The highest BCUT2D eigenvalue weighted by molar-refractivity contribution is 9.10. The Morgan fingerprint density at radius 3 is 2.95 bits per heavy atom. The molecule has 6 nitrogen and oxygen atoms in total. The van der Waals surface area contributed by atoms with Crippen LogP contribution in [0, 0.1) is 0 Å². The van der Waals surface area contributed by atoms with Gasteiger partial charge in [-0.05, 0) is 18.2 Å². The average molecular weight is 362 g/mol. The molecule has 2 heterocycles. The summed E-state index contributed by atoms with van der Waals surface area (Å²) in [6.07, 6.45) is 3.46. The molecule has 0 atom stereocenters. The summed E-state index contributed by atoms with van der Waals surface area (Å²) < 4.78 is 7.93. The number of benzene rings is 1. The van der Waals surface area contributed by atoms with Gasteiger partial charge in [0.2, 0.25) is 0 Å². The SMILES string of the molecule is Cn1cc(CNC(=O)c2cc(=O)c3cc(Br)ccc3o2)cn1. The van der Waals surface area contributed by atoms with Crippen LogP contribution in [-0.2, 0) is 13.6 Å². The van der Waals surface area contributed by atoms with Crippen LogP contribution >= 0.6 is 15.9 Å². The van der Waals surface area contributed by atoms with E-state index in [-0.39, 0.29) is 11.2 Å². The third kappa shape index (κ3) is 2.94. The maximum atomic E-state index is 12.1. The van der Waals surface area contributed by atoms with Crippen LogP contribution in [0.15, 0.2) is 50.3 Å². The second-order valence-corrected chi connectivity index (χ2v) is 5.74. The number of nitrogens with zero attached hydrogens (tertiary/aromatic N) is 2. The number of amides is 1. The molecule has 0 aliphatic heterocycles. The molecule has 0 spiro atoms. The molecule has 7 heteroatoms. The molecule has 0 fully saturated rings. The lowest BCUT2D eigenvalue weighted by Crippen LogP contribution is -2.23. The van der Waals surface area contributed by atoms with Gasteiger partial charge in [0.25, 0.3) is 5.91 Å². The monoisotopic (exact) mass is 361 g/mol. The number of carbonyl (C=O) groups is 1. The van der Waals surface area contributed by atoms with Crippen LogP contribution in [0.2, 0.25) is 0 Å². The fourth-order valence-corrected chi connectivity index (χ4v) is 2.43. The summed E-state index contributed by atoms with van der Waals surface area (Å²) in [5, 5.41) is 7.14. The fraction of sp³-hybridized carbons (Fsp3) is 0.133. The molecule has 1 aromatic carbocycles. The predicted octanol–water partition coefficient (Wildman–Crippen LogP) is 2.22. The minimum Gasteiger partial charge on any atom is -0.451 e. The van der Waals surface area contributed by atoms with Crippen LogP contribution < -0.4 is 10.7 Å². The molecule has 0 bridgehead atoms. The van der Waals surface area contributed by atoms with Crippen LogP contribution in [0.3, 0.4) is 0 Å². The Morgan fingerprint density at radius 2 is 2.23 bits per heavy atom.